The van der Waals surface area contributed by atoms with E-state index in [9.17, 15) is 0 Å². The van der Waals surface area contributed by atoms with Crippen molar-refractivity contribution in [3.63, 3.8) is 0 Å². The minimum absolute atomic E-state index is 0.0778. The Morgan fingerprint density at radius 3 is 1.14 bits per heavy atom. The summed E-state index contributed by atoms with van der Waals surface area (Å²) in [6.07, 6.45) is 8.09. The molecule has 2 aromatic rings. The van der Waals surface area contributed by atoms with Crippen LogP contribution in [0.3, 0.4) is 0 Å². The van der Waals surface area contributed by atoms with Crippen LogP contribution in [0.25, 0.3) is 0 Å². The van der Waals surface area contributed by atoms with Gasteiger partial charge in [-0.25, -0.2) is 0 Å². The highest BCUT2D eigenvalue weighted by molar-refractivity contribution is 8.03. The maximum Gasteiger partial charge on any atom is 0.0198 e. The van der Waals surface area contributed by atoms with E-state index in [1.807, 2.05) is 0 Å². The third-order valence-corrected chi connectivity index (χ3v) is 12.9. The maximum absolute atomic E-state index is 5.15. The zero-order valence-electron chi connectivity index (χ0n) is 28.8. The lowest BCUT2D eigenvalue weighted by Crippen LogP contribution is -2.23. The molecule has 0 bridgehead atoms. The third-order valence-electron chi connectivity index (χ3n) is 8.77. The van der Waals surface area contributed by atoms with Gasteiger partial charge in [0.05, 0.1) is 0 Å². The van der Waals surface area contributed by atoms with Crippen LogP contribution in [-0.4, -0.2) is 10.5 Å². The highest BCUT2D eigenvalue weighted by Gasteiger charge is 2.29. The summed E-state index contributed by atoms with van der Waals surface area (Å²) in [5.41, 5.74) is 8.85. The van der Waals surface area contributed by atoms with Crippen LogP contribution in [0.4, 0.5) is 0 Å². The molecule has 3 rings (SSSR count). The van der Waals surface area contributed by atoms with E-state index in [0.717, 1.165) is 11.5 Å². The number of hydrogen-bond donors (Lipinski definition) is 2. The second-order valence-electron chi connectivity index (χ2n) is 16.8. The molecule has 1 fully saturated rings. The molecular weight excluding hydrogens is 585 g/mol. The summed E-state index contributed by atoms with van der Waals surface area (Å²) in [6, 6.07) is 9.73. The highest BCUT2D eigenvalue weighted by atomic mass is 32.2. The third kappa shape index (κ3) is 9.67. The number of hydrogen-bond acceptors (Lipinski definition) is 4. The molecule has 1 aliphatic carbocycles. The molecule has 1 aliphatic rings. The van der Waals surface area contributed by atoms with Gasteiger partial charge in [0.2, 0.25) is 0 Å². The van der Waals surface area contributed by atoms with Gasteiger partial charge in [0.15, 0.2) is 0 Å². The lowest BCUT2D eigenvalue weighted by atomic mass is 9.79. The number of thiol groups is 2. The lowest BCUT2D eigenvalue weighted by Gasteiger charge is -2.31. The van der Waals surface area contributed by atoms with Gasteiger partial charge in [-0.1, -0.05) is 133 Å². The normalized spacial score (nSPS) is 19.5. The van der Waals surface area contributed by atoms with Crippen LogP contribution in [0.15, 0.2) is 34.1 Å². The SMILES string of the molecule is CC(C)(C)c1cc(CS[C@H]2CCCCCC[C@@H]2SCc2cc(C(C)(C)C)cc(C(C)(C)C)c2S)c(S)c(C(C)(C)C)c1. The first-order valence-electron chi connectivity index (χ1n) is 16.2. The van der Waals surface area contributed by atoms with Gasteiger partial charge < -0.3 is 0 Å². The first-order chi connectivity index (χ1) is 19.2. The van der Waals surface area contributed by atoms with Crippen molar-refractivity contribution in [2.24, 2.45) is 0 Å². The standard InChI is InChI=1S/C38H60S4/c1-35(2,3)27-19-25(33(39)29(21-27)37(7,8)9)23-41-31-17-15-13-14-16-18-32(31)42-24-26-20-28(36(4,5)6)22-30(34(26)40)38(10,11)12/h19-22,31-32,39-40H,13-18,23-24H2,1-12H3/t31-,32-/m0/s1. The monoisotopic (exact) mass is 644 g/mol. The van der Waals surface area contributed by atoms with Crippen LogP contribution in [-0.2, 0) is 33.2 Å². The van der Waals surface area contributed by atoms with Crippen LogP contribution in [0, 0.1) is 0 Å². The molecular formula is C38H60S4. The topological polar surface area (TPSA) is 0 Å². The minimum atomic E-state index is 0.0778. The van der Waals surface area contributed by atoms with E-state index < -0.39 is 0 Å². The van der Waals surface area contributed by atoms with Crippen molar-refractivity contribution in [3.05, 3.63) is 57.6 Å². The first kappa shape index (κ1) is 36.3. The molecule has 0 N–H and O–H groups in total. The summed E-state index contributed by atoms with van der Waals surface area (Å²) in [5.74, 6) is 2.08. The molecule has 42 heavy (non-hydrogen) atoms. The van der Waals surface area contributed by atoms with E-state index in [4.69, 9.17) is 25.3 Å². The largest absolute Gasteiger partial charge is 0.153 e. The van der Waals surface area contributed by atoms with E-state index >= 15 is 0 Å². The predicted molar refractivity (Wildman–Crippen MR) is 200 cm³/mol. The number of benzene rings is 2. The van der Waals surface area contributed by atoms with Crippen LogP contribution in [0.5, 0.6) is 0 Å². The molecule has 0 unspecified atom stereocenters. The molecule has 0 aliphatic heterocycles. The zero-order valence-corrected chi connectivity index (χ0v) is 32.3. The van der Waals surface area contributed by atoms with Crippen LogP contribution < -0.4 is 0 Å². The molecule has 236 valence electrons. The van der Waals surface area contributed by atoms with E-state index in [1.165, 1.54) is 81.7 Å². The highest BCUT2D eigenvalue weighted by Crippen LogP contribution is 2.43. The fraction of sp³-hybridized carbons (Fsp3) is 0.684. The van der Waals surface area contributed by atoms with E-state index in [2.05, 4.69) is 131 Å². The van der Waals surface area contributed by atoms with Crippen molar-refractivity contribution < 1.29 is 0 Å². The Morgan fingerprint density at radius 1 is 0.524 bits per heavy atom. The van der Waals surface area contributed by atoms with Gasteiger partial charge in [-0.05, 0) is 67.9 Å². The Morgan fingerprint density at radius 2 is 0.857 bits per heavy atom. The molecule has 0 radical (unpaired) electrons. The molecule has 0 spiro atoms. The van der Waals surface area contributed by atoms with E-state index in [0.29, 0.717) is 10.5 Å². The molecule has 0 amide bonds. The molecule has 4 heteroatoms. The van der Waals surface area contributed by atoms with Gasteiger partial charge in [-0.3, -0.25) is 0 Å². The van der Waals surface area contributed by atoms with E-state index in [1.54, 1.807) is 0 Å². The van der Waals surface area contributed by atoms with Crippen LogP contribution in [0.1, 0.15) is 155 Å². The van der Waals surface area contributed by atoms with Crippen molar-refractivity contribution >= 4 is 48.8 Å². The van der Waals surface area contributed by atoms with Crippen molar-refractivity contribution in [2.75, 3.05) is 0 Å². The summed E-state index contributed by atoms with van der Waals surface area (Å²) < 4.78 is 0. The number of thioether (sulfide) groups is 2. The second kappa shape index (κ2) is 14.1. The van der Waals surface area contributed by atoms with Gasteiger partial charge in [0.25, 0.3) is 0 Å². The average Bonchev–Trinajstić information content (AvgIpc) is 2.81. The Bertz CT molecular complexity index is 1100. The Labute approximate surface area is 280 Å². The molecule has 2 aromatic carbocycles. The number of rotatable bonds is 6. The molecule has 0 nitrogen and oxygen atoms in total. The Balaban J connectivity index is 1.89. The quantitative estimate of drug-likeness (QED) is 0.300. The molecule has 0 saturated heterocycles. The summed E-state index contributed by atoms with van der Waals surface area (Å²) in [6.45, 7) is 27.9. The van der Waals surface area contributed by atoms with Crippen molar-refractivity contribution in [2.45, 2.75) is 175 Å². The van der Waals surface area contributed by atoms with Gasteiger partial charge in [0.1, 0.15) is 0 Å². The van der Waals surface area contributed by atoms with Crippen molar-refractivity contribution in [1.82, 2.24) is 0 Å². The van der Waals surface area contributed by atoms with Gasteiger partial charge in [-0.15, -0.1) is 25.3 Å². The molecule has 0 aromatic heterocycles. The second-order valence-corrected chi connectivity index (χ2v) is 20.1. The lowest BCUT2D eigenvalue weighted by molar-refractivity contribution is 0.521. The first-order valence-corrected chi connectivity index (χ1v) is 19.2. The smallest absolute Gasteiger partial charge is 0.0198 e. The van der Waals surface area contributed by atoms with E-state index in [-0.39, 0.29) is 21.7 Å². The summed E-state index contributed by atoms with van der Waals surface area (Å²) in [7, 11) is 0. The van der Waals surface area contributed by atoms with Gasteiger partial charge >= 0.3 is 0 Å². The molecule has 0 heterocycles. The fourth-order valence-electron chi connectivity index (χ4n) is 5.81. The summed E-state index contributed by atoms with van der Waals surface area (Å²) in [5, 5.41) is 1.33. The maximum atomic E-state index is 5.15. The van der Waals surface area contributed by atoms with Gasteiger partial charge in [-0.2, -0.15) is 23.5 Å². The molecule has 1 saturated carbocycles. The fourth-order valence-corrected chi connectivity index (χ4v) is 10.2. The van der Waals surface area contributed by atoms with Gasteiger partial charge in [0, 0.05) is 31.8 Å². The van der Waals surface area contributed by atoms with Crippen molar-refractivity contribution in [3.8, 4) is 0 Å². The minimum Gasteiger partial charge on any atom is -0.153 e. The van der Waals surface area contributed by atoms with Crippen molar-refractivity contribution in [1.29, 1.82) is 0 Å². The Hall–Kier alpha value is -0.160. The average molecular weight is 645 g/mol. The predicted octanol–water partition coefficient (Wildman–Crippen LogP) is 12.7. The zero-order chi connectivity index (χ0) is 31.7. The summed E-state index contributed by atoms with van der Waals surface area (Å²) in [4.78, 5) is 2.40. The van der Waals surface area contributed by atoms with Crippen LogP contribution >= 0.6 is 48.8 Å². The summed E-state index contributed by atoms with van der Waals surface area (Å²) >= 11 is 14.7. The van der Waals surface area contributed by atoms with Crippen LogP contribution in [0.2, 0.25) is 0 Å². The Kier molecular flexibility index (Phi) is 12.2. The molecule has 2 atom stereocenters.